The van der Waals surface area contributed by atoms with Crippen molar-refractivity contribution in [2.24, 2.45) is 5.84 Å². The van der Waals surface area contributed by atoms with Gasteiger partial charge >= 0.3 is 11.8 Å². The number of likely N-dealkylation sites (tertiary alicyclic amines) is 1. The van der Waals surface area contributed by atoms with Crippen LogP contribution in [0.3, 0.4) is 0 Å². The molecule has 74 valence electrons. The Morgan fingerprint density at radius 2 is 2.08 bits per heavy atom. The molecule has 0 radical (unpaired) electrons. The van der Waals surface area contributed by atoms with E-state index in [4.69, 9.17) is 10.6 Å². The van der Waals surface area contributed by atoms with Gasteiger partial charge < -0.3 is 9.64 Å². The molecule has 1 aliphatic rings. The number of rotatable bonds is 1. The molecular formula is C7H13N3O3. The van der Waals surface area contributed by atoms with Crippen LogP contribution in [0.5, 0.6) is 0 Å². The number of carbonyl (C=O) groups is 2. The highest BCUT2D eigenvalue weighted by Gasteiger charge is 2.43. The van der Waals surface area contributed by atoms with Crippen molar-refractivity contribution in [2.75, 3.05) is 20.2 Å². The summed E-state index contributed by atoms with van der Waals surface area (Å²) in [6.45, 7) is 2.72. The number of hydrogen-bond acceptors (Lipinski definition) is 4. The van der Waals surface area contributed by atoms with Crippen molar-refractivity contribution in [3.8, 4) is 0 Å². The second-order valence-electron chi connectivity index (χ2n) is 3.29. The maximum Gasteiger partial charge on any atom is 0.323 e. The van der Waals surface area contributed by atoms with Crippen molar-refractivity contribution in [3.05, 3.63) is 0 Å². The Morgan fingerprint density at radius 1 is 1.54 bits per heavy atom. The van der Waals surface area contributed by atoms with Gasteiger partial charge in [0.1, 0.15) is 5.60 Å². The summed E-state index contributed by atoms with van der Waals surface area (Å²) in [5, 5.41) is 0. The molecule has 0 aliphatic carbocycles. The number of ether oxygens (including phenoxy) is 1. The molecule has 0 unspecified atom stereocenters. The molecule has 0 aromatic heterocycles. The van der Waals surface area contributed by atoms with Crippen molar-refractivity contribution in [1.82, 2.24) is 10.3 Å². The fraction of sp³-hybridized carbons (Fsp3) is 0.714. The van der Waals surface area contributed by atoms with E-state index < -0.39 is 11.8 Å². The molecule has 0 atom stereocenters. The fourth-order valence-corrected chi connectivity index (χ4v) is 1.24. The van der Waals surface area contributed by atoms with Crippen LogP contribution in [0.25, 0.3) is 0 Å². The average Bonchev–Trinajstić information content (AvgIpc) is 2.10. The van der Waals surface area contributed by atoms with E-state index in [1.54, 1.807) is 12.5 Å². The molecule has 1 rings (SSSR count). The van der Waals surface area contributed by atoms with E-state index in [1.807, 2.05) is 6.92 Å². The zero-order valence-electron chi connectivity index (χ0n) is 7.66. The predicted molar refractivity (Wildman–Crippen MR) is 44.3 cm³/mol. The van der Waals surface area contributed by atoms with E-state index in [0.29, 0.717) is 13.1 Å². The highest BCUT2D eigenvalue weighted by Crippen LogP contribution is 2.23. The van der Waals surface area contributed by atoms with Gasteiger partial charge in [-0.3, -0.25) is 15.0 Å². The highest BCUT2D eigenvalue weighted by atomic mass is 16.5. The van der Waals surface area contributed by atoms with E-state index in [9.17, 15) is 9.59 Å². The van der Waals surface area contributed by atoms with Gasteiger partial charge in [-0.15, -0.1) is 0 Å². The first-order chi connectivity index (χ1) is 6.02. The van der Waals surface area contributed by atoms with Crippen LogP contribution in [0.2, 0.25) is 0 Å². The molecule has 1 aliphatic heterocycles. The summed E-state index contributed by atoms with van der Waals surface area (Å²) in [7, 11) is 1.57. The number of hydrogen-bond donors (Lipinski definition) is 2. The van der Waals surface area contributed by atoms with Crippen LogP contribution in [0.4, 0.5) is 0 Å². The zero-order chi connectivity index (χ0) is 10.1. The molecule has 2 amide bonds. The molecule has 3 N–H and O–H groups in total. The second kappa shape index (κ2) is 3.31. The Bertz CT molecular complexity index is 235. The van der Waals surface area contributed by atoms with Crippen LogP contribution in [0.1, 0.15) is 6.92 Å². The SMILES string of the molecule is COC1(C)CN(C(=O)C(=O)NN)C1. The number of nitrogens with zero attached hydrogens (tertiary/aromatic N) is 1. The lowest BCUT2D eigenvalue weighted by Gasteiger charge is -2.46. The predicted octanol–water partition coefficient (Wildman–Crippen LogP) is -1.78. The minimum absolute atomic E-state index is 0.315. The molecule has 0 saturated carbocycles. The number of nitrogens with one attached hydrogen (secondary N) is 1. The third kappa shape index (κ3) is 1.78. The summed E-state index contributed by atoms with van der Waals surface area (Å²) in [5.41, 5.74) is 1.47. The first-order valence-corrected chi connectivity index (χ1v) is 3.87. The van der Waals surface area contributed by atoms with E-state index in [-0.39, 0.29) is 5.60 Å². The van der Waals surface area contributed by atoms with E-state index in [1.165, 1.54) is 4.90 Å². The Balaban J connectivity index is 2.44. The lowest BCUT2D eigenvalue weighted by molar-refractivity contribution is -0.164. The summed E-state index contributed by atoms with van der Waals surface area (Å²) in [6.07, 6.45) is 0. The minimum atomic E-state index is -0.793. The van der Waals surface area contributed by atoms with Crippen molar-refractivity contribution in [3.63, 3.8) is 0 Å². The third-order valence-corrected chi connectivity index (χ3v) is 2.16. The smallest absolute Gasteiger partial charge is 0.323 e. The van der Waals surface area contributed by atoms with Gasteiger partial charge in [-0.2, -0.15) is 0 Å². The quantitative estimate of drug-likeness (QED) is 0.220. The fourth-order valence-electron chi connectivity index (χ4n) is 1.24. The number of carbonyl (C=O) groups excluding carboxylic acids is 2. The maximum absolute atomic E-state index is 11.1. The summed E-state index contributed by atoms with van der Waals surface area (Å²) in [6, 6.07) is 0. The maximum atomic E-state index is 11.1. The number of hydrazine groups is 1. The number of methoxy groups -OCH3 is 1. The molecule has 13 heavy (non-hydrogen) atoms. The average molecular weight is 187 g/mol. The van der Waals surface area contributed by atoms with Crippen LogP contribution < -0.4 is 11.3 Å². The number of nitrogens with two attached hydrogens (primary N) is 1. The minimum Gasteiger partial charge on any atom is -0.375 e. The Hall–Kier alpha value is -1.14. The third-order valence-electron chi connectivity index (χ3n) is 2.16. The van der Waals surface area contributed by atoms with Gasteiger partial charge in [0.15, 0.2) is 0 Å². The van der Waals surface area contributed by atoms with Crippen LogP contribution in [-0.4, -0.2) is 42.5 Å². The molecule has 6 heteroatoms. The normalized spacial score (nSPS) is 19.2. The molecule has 1 heterocycles. The van der Waals surface area contributed by atoms with Crippen molar-refractivity contribution in [2.45, 2.75) is 12.5 Å². The van der Waals surface area contributed by atoms with Crippen LogP contribution in [0.15, 0.2) is 0 Å². The Kier molecular flexibility index (Phi) is 2.53. The number of amides is 2. The van der Waals surface area contributed by atoms with Gasteiger partial charge in [-0.1, -0.05) is 0 Å². The summed E-state index contributed by atoms with van der Waals surface area (Å²) >= 11 is 0. The molecular weight excluding hydrogens is 174 g/mol. The zero-order valence-corrected chi connectivity index (χ0v) is 7.66. The Morgan fingerprint density at radius 3 is 2.46 bits per heavy atom. The van der Waals surface area contributed by atoms with Gasteiger partial charge in [0.2, 0.25) is 0 Å². The van der Waals surface area contributed by atoms with Gasteiger partial charge in [-0.25, -0.2) is 5.84 Å². The van der Waals surface area contributed by atoms with Gasteiger partial charge in [0.25, 0.3) is 0 Å². The molecule has 1 saturated heterocycles. The van der Waals surface area contributed by atoms with Crippen molar-refractivity contribution < 1.29 is 14.3 Å². The molecule has 0 bridgehead atoms. The van der Waals surface area contributed by atoms with E-state index in [2.05, 4.69) is 0 Å². The standard InChI is InChI=1S/C7H13N3O3/c1-7(13-2)3-10(4-7)6(12)5(11)9-8/h3-4,8H2,1-2H3,(H,9,11). The van der Waals surface area contributed by atoms with Gasteiger partial charge in [-0.05, 0) is 6.92 Å². The molecule has 6 nitrogen and oxygen atoms in total. The summed E-state index contributed by atoms with van der Waals surface area (Å²) < 4.78 is 5.11. The second-order valence-corrected chi connectivity index (χ2v) is 3.29. The highest BCUT2D eigenvalue weighted by molar-refractivity contribution is 6.35. The molecule has 0 aromatic rings. The van der Waals surface area contributed by atoms with Crippen LogP contribution in [0, 0.1) is 0 Å². The van der Waals surface area contributed by atoms with E-state index >= 15 is 0 Å². The van der Waals surface area contributed by atoms with Gasteiger partial charge in [0, 0.05) is 7.11 Å². The van der Waals surface area contributed by atoms with Crippen molar-refractivity contribution in [1.29, 1.82) is 0 Å². The first-order valence-electron chi connectivity index (χ1n) is 3.87. The first kappa shape index (κ1) is 9.94. The van der Waals surface area contributed by atoms with Gasteiger partial charge in [0.05, 0.1) is 13.1 Å². The summed E-state index contributed by atoms with van der Waals surface area (Å²) in [5.74, 6) is 3.40. The monoisotopic (exact) mass is 187 g/mol. The van der Waals surface area contributed by atoms with Crippen LogP contribution in [-0.2, 0) is 14.3 Å². The molecule has 0 aromatic carbocycles. The van der Waals surface area contributed by atoms with Crippen molar-refractivity contribution >= 4 is 11.8 Å². The lowest BCUT2D eigenvalue weighted by atomic mass is 9.96. The van der Waals surface area contributed by atoms with Crippen LogP contribution >= 0.6 is 0 Å². The largest absolute Gasteiger partial charge is 0.375 e. The topological polar surface area (TPSA) is 84.7 Å². The van der Waals surface area contributed by atoms with E-state index in [0.717, 1.165) is 0 Å². The Labute approximate surface area is 76.0 Å². The molecule has 1 fully saturated rings. The molecule has 0 spiro atoms. The summed E-state index contributed by atoms with van der Waals surface area (Å²) in [4.78, 5) is 23.3. The lowest BCUT2D eigenvalue weighted by Crippen LogP contribution is -2.65.